The minimum Gasteiger partial charge on any atom is -0.508 e. The number of benzene rings is 2. The van der Waals surface area contributed by atoms with Crippen molar-refractivity contribution in [1.82, 2.24) is 0 Å². The van der Waals surface area contributed by atoms with Gasteiger partial charge in [-0.15, -0.1) is 5.11 Å². The standard InChI is InChI=1S/C16H12N2O5/c1-8-6-13(21)23-16-11(8)7-12(20)15(22)14(16)18-17-9-2-4-10(19)5-3-9/h2-7,19-20,22H,1H3. The Balaban J connectivity index is 2.21. The minimum atomic E-state index is -0.596. The summed E-state index contributed by atoms with van der Waals surface area (Å²) in [7, 11) is 0. The van der Waals surface area contributed by atoms with E-state index in [0.29, 0.717) is 16.6 Å². The molecule has 1 aromatic heterocycles. The van der Waals surface area contributed by atoms with E-state index in [9.17, 15) is 20.1 Å². The van der Waals surface area contributed by atoms with Crippen LogP contribution in [0.15, 0.2) is 55.8 Å². The van der Waals surface area contributed by atoms with Crippen LogP contribution in [0.5, 0.6) is 17.2 Å². The Bertz CT molecular complexity index is 974. The van der Waals surface area contributed by atoms with Crippen molar-refractivity contribution in [1.29, 1.82) is 0 Å². The van der Waals surface area contributed by atoms with E-state index < -0.39 is 17.1 Å². The Morgan fingerprint density at radius 3 is 2.39 bits per heavy atom. The average molecular weight is 312 g/mol. The van der Waals surface area contributed by atoms with Crippen LogP contribution in [-0.2, 0) is 0 Å². The summed E-state index contributed by atoms with van der Waals surface area (Å²) in [4.78, 5) is 11.6. The smallest absolute Gasteiger partial charge is 0.336 e. The van der Waals surface area contributed by atoms with E-state index in [1.807, 2.05) is 0 Å². The Hall–Kier alpha value is -3.35. The molecule has 116 valence electrons. The number of azo groups is 1. The van der Waals surface area contributed by atoms with Gasteiger partial charge < -0.3 is 19.7 Å². The molecule has 0 bridgehead atoms. The van der Waals surface area contributed by atoms with E-state index >= 15 is 0 Å². The fourth-order valence-corrected chi connectivity index (χ4v) is 2.13. The predicted octanol–water partition coefficient (Wildman–Crippen LogP) is 3.63. The first-order valence-corrected chi connectivity index (χ1v) is 6.66. The van der Waals surface area contributed by atoms with Crippen LogP contribution in [0.1, 0.15) is 5.56 Å². The number of aryl methyl sites for hydroxylation is 1. The summed E-state index contributed by atoms with van der Waals surface area (Å²) in [5.41, 5.74) is 0.282. The lowest BCUT2D eigenvalue weighted by Gasteiger charge is -2.06. The number of fused-ring (bicyclic) bond motifs is 1. The van der Waals surface area contributed by atoms with E-state index in [2.05, 4.69) is 10.2 Å². The molecular weight excluding hydrogens is 300 g/mol. The van der Waals surface area contributed by atoms with Gasteiger partial charge in [0, 0.05) is 11.5 Å². The van der Waals surface area contributed by atoms with Crippen LogP contribution in [0, 0.1) is 6.92 Å². The summed E-state index contributed by atoms with van der Waals surface area (Å²) in [5, 5.41) is 37.3. The topological polar surface area (TPSA) is 116 Å². The molecule has 3 N–H and O–H groups in total. The molecule has 0 aliphatic heterocycles. The SMILES string of the molecule is Cc1cc(=O)oc2c(N=Nc3ccc(O)cc3)c(O)c(O)cc12. The molecule has 7 nitrogen and oxygen atoms in total. The third-order valence-electron chi connectivity index (χ3n) is 3.28. The number of rotatable bonds is 2. The molecule has 0 saturated heterocycles. The summed E-state index contributed by atoms with van der Waals surface area (Å²) >= 11 is 0. The van der Waals surface area contributed by atoms with Gasteiger partial charge in [-0.25, -0.2) is 4.79 Å². The van der Waals surface area contributed by atoms with Gasteiger partial charge in [-0.1, -0.05) is 0 Å². The van der Waals surface area contributed by atoms with Crippen LogP contribution in [-0.4, -0.2) is 15.3 Å². The monoisotopic (exact) mass is 312 g/mol. The van der Waals surface area contributed by atoms with E-state index in [-0.39, 0.29) is 17.0 Å². The highest BCUT2D eigenvalue weighted by molar-refractivity contribution is 5.94. The first-order valence-electron chi connectivity index (χ1n) is 6.66. The van der Waals surface area contributed by atoms with Crippen LogP contribution in [0.2, 0.25) is 0 Å². The fraction of sp³-hybridized carbons (Fsp3) is 0.0625. The molecule has 3 rings (SSSR count). The van der Waals surface area contributed by atoms with E-state index in [1.165, 1.54) is 36.4 Å². The number of nitrogens with zero attached hydrogens (tertiary/aromatic N) is 2. The summed E-state index contributed by atoms with van der Waals surface area (Å²) in [6, 6.07) is 8.46. The average Bonchev–Trinajstić information content (AvgIpc) is 2.51. The second-order valence-electron chi connectivity index (χ2n) is 4.93. The Morgan fingerprint density at radius 1 is 1.00 bits per heavy atom. The number of hydrogen-bond donors (Lipinski definition) is 3. The Labute approximate surface area is 129 Å². The van der Waals surface area contributed by atoms with Crippen molar-refractivity contribution < 1.29 is 19.7 Å². The lowest BCUT2D eigenvalue weighted by molar-refractivity contribution is 0.404. The molecule has 0 aliphatic carbocycles. The molecule has 2 aromatic carbocycles. The van der Waals surface area contributed by atoms with Gasteiger partial charge in [-0.05, 0) is 42.8 Å². The molecule has 0 amide bonds. The highest BCUT2D eigenvalue weighted by Gasteiger charge is 2.16. The number of aromatic hydroxyl groups is 3. The van der Waals surface area contributed by atoms with Crippen molar-refractivity contribution >= 4 is 22.3 Å². The zero-order valence-corrected chi connectivity index (χ0v) is 12.0. The second kappa shape index (κ2) is 5.45. The van der Waals surface area contributed by atoms with Crippen molar-refractivity contribution in [3.63, 3.8) is 0 Å². The van der Waals surface area contributed by atoms with Gasteiger partial charge in [-0.3, -0.25) is 0 Å². The van der Waals surface area contributed by atoms with Crippen molar-refractivity contribution in [3.05, 3.63) is 52.4 Å². The van der Waals surface area contributed by atoms with E-state index in [4.69, 9.17) is 4.42 Å². The number of phenols is 3. The molecule has 3 aromatic rings. The minimum absolute atomic E-state index is 0.0350. The van der Waals surface area contributed by atoms with Gasteiger partial charge >= 0.3 is 5.63 Å². The maximum absolute atomic E-state index is 11.6. The van der Waals surface area contributed by atoms with E-state index in [0.717, 1.165) is 0 Å². The van der Waals surface area contributed by atoms with Crippen molar-refractivity contribution in [2.45, 2.75) is 6.92 Å². The Kier molecular flexibility index (Phi) is 3.46. The summed E-state index contributed by atoms with van der Waals surface area (Å²) < 4.78 is 5.10. The molecular formula is C16H12N2O5. The number of phenolic OH excluding ortho intramolecular Hbond substituents is 3. The maximum atomic E-state index is 11.6. The summed E-state index contributed by atoms with van der Waals surface area (Å²) in [5.74, 6) is -0.848. The van der Waals surface area contributed by atoms with Crippen LogP contribution in [0.4, 0.5) is 11.4 Å². The normalized spacial score (nSPS) is 11.3. The highest BCUT2D eigenvalue weighted by Crippen LogP contribution is 2.43. The molecule has 0 atom stereocenters. The second-order valence-corrected chi connectivity index (χ2v) is 4.93. The summed E-state index contributed by atoms with van der Waals surface area (Å²) in [6.45, 7) is 1.68. The molecule has 1 heterocycles. The van der Waals surface area contributed by atoms with E-state index in [1.54, 1.807) is 6.92 Å². The lowest BCUT2D eigenvalue weighted by Crippen LogP contribution is -1.97. The zero-order valence-electron chi connectivity index (χ0n) is 12.0. The fourth-order valence-electron chi connectivity index (χ4n) is 2.13. The molecule has 23 heavy (non-hydrogen) atoms. The zero-order chi connectivity index (χ0) is 16.6. The van der Waals surface area contributed by atoms with Crippen molar-refractivity contribution in [3.8, 4) is 17.2 Å². The van der Waals surface area contributed by atoms with Gasteiger partial charge in [0.2, 0.25) is 0 Å². The molecule has 0 fully saturated rings. The van der Waals surface area contributed by atoms with Gasteiger partial charge in [0.25, 0.3) is 0 Å². The highest BCUT2D eigenvalue weighted by atomic mass is 16.4. The molecule has 0 radical (unpaired) electrons. The molecule has 0 unspecified atom stereocenters. The van der Waals surface area contributed by atoms with Crippen LogP contribution >= 0.6 is 0 Å². The molecule has 0 saturated carbocycles. The number of hydrogen-bond acceptors (Lipinski definition) is 7. The van der Waals surface area contributed by atoms with Crippen molar-refractivity contribution in [2.24, 2.45) is 10.2 Å². The Morgan fingerprint density at radius 2 is 1.70 bits per heavy atom. The predicted molar refractivity (Wildman–Crippen MR) is 82.8 cm³/mol. The molecule has 0 spiro atoms. The van der Waals surface area contributed by atoms with Crippen LogP contribution in [0.3, 0.4) is 0 Å². The first kappa shape index (κ1) is 14.6. The first-order chi connectivity index (χ1) is 11.0. The molecule has 0 aliphatic rings. The van der Waals surface area contributed by atoms with Gasteiger partial charge in [0.05, 0.1) is 5.69 Å². The van der Waals surface area contributed by atoms with Crippen molar-refractivity contribution in [2.75, 3.05) is 0 Å². The molecule has 7 heteroatoms. The lowest BCUT2D eigenvalue weighted by atomic mass is 10.1. The third-order valence-corrected chi connectivity index (χ3v) is 3.28. The third kappa shape index (κ3) is 2.71. The van der Waals surface area contributed by atoms with Gasteiger partial charge in [0.15, 0.2) is 22.8 Å². The van der Waals surface area contributed by atoms with Crippen LogP contribution in [0.25, 0.3) is 11.0 Å². The van der Waals surface area contributed by atoms with Gasteiger partial charge in [-0.2, -0.15) is 5.11 Å². The summed E-state index contributed by atoms with van der Waals surface area (Å²) in [6.07, 6.45) is 0. The van der Waals surface area contributed by atoms with Crippen LogP contribution < -0.4 is 5.63 Å². The quantitative estimate of drug-likeness (QED) is 0.379. The van der Waals surface area contributed by atoms with Gasteiger partial charge in [0.1, 0.15) is 5.75 Å². The maximum Gasteiger partial charge on any atom is 0.336 e. The largest absolute Gasteiger partial charge is 0.508 e.